The zero-order valence-electron chi connectivity index (χ0n) is 9.74. The third-order valence-electron chi connectivity index (χ3n) is 3.46. The standard InChI is InChI=1S/C14H13BrINO/c15-11-8-9(4-5-12(11)16)17-7-6-10-13(17)2-1-3-14(10)18/h4-8,14,18H,1-3H2. The van der Waals surface area contributed by atoms with Crippen molar-refractivity contribution in [3.63, 3.8) is 0 Å². The van der Waals surface area contributed by atoms with E-state index in [1.54, 1.807) is 0 Å². The molecule has 94 valence electrons. The lowest BCUT2D eigenvalue weighted by atomic mass is 9.95. The van der Waals surface area contributed by atoms with Crippen LogP contribution in [0.25, 0.3) is 5.69 Å². The minimum absolute atomic E-state index is 0.290. The summed E-state index contributed by atoms with van der Waals surface area (Å²) >= 11 is 5.88. The maximum Gasteiger partial charge on any atom is 0.0807 e. The summed E-state index contributed by atoms with van der Waals surface area (Å²) in [5.41, 5.74) is 3.50. The predicted molar refractivity (Wildman–Crippen MR) is 84.1 cm³/mol. The summed E-state index contributed by atoms with van der Waals surface area (Å²) in [5.74, 6) is 0. The van der Waals surface area contributed by atoms with Gasteiger partial charge in [-0.3, -0.25) is 0 Å². The third kappa shape index (κ3) is 2.14. The Kier molecular flexibility index (Phi) is 3.51. The van der Waals surface area contributed by atoms with Crippen LogP contribution in [0.3, 0.4) is 0 Å². The lowest BCUT2D eigenvalue weighted by Gasteiger charge is -2.20. The van der Waals surface area contributed by atoms with Gasteiger partial charge in [-0.1, -0.05) is 0 Å². The maximum absolute atomic E-state index is 10.00. The number of nitrogens with zero attached hydrogens (tertiary/aromatic N) is 1. The smallest absolute Gasteiger partial charge is 0.0807 e. The number of aromatic nitrogens is 1. The van der Waals surface area contributed by atoms with E-state index in [-0.39, 0.29) is 6.10 Å². The molecule has 0 spiro atoms. The highest BCUT2D eigenvalue weighted by Gasteiger charge is 2.21. The van der Waals surface area contributed by atoms with Crippen LogP contribution in [0.5, 0.6) is 0 Å². The van der Waals surface area contributed by atoms with Crippen molar-refractivity contribution in [1.82, 2.24) is 4.57 Å². The predicted octanol–water partition coefficient (Wildman–Crippen LogP) is 4.21. The number of aliphatic hydroxyl groups is 1. The summed E-state index contributed by atoms with van der Waals surface area (Å²) in [6, 6.07) is 8.40. The second-order valence-electron chi connectivity index (χ2n) is 4.59. The molecule has 18 heavy (non-hydrogen) atoms. The zero-order valence-corrected chi connectivity index (χ0v) is 13.5. The van der Waals surface area contributed by atoms with E-state index in [2.05, 4.69) is 67.5 Å². The molecular weight excluding hydrogens is 405 g/mol. The number of halogens is 2. The largest absolute Gasteiger partial charge is 0.388 e. The van der Waals surface area contributed by atoms with Crippen molar-refractivity contribution in [2.75, 3.05) is 0 Å². The van der Waals surface area contributed by atoms with Crippen LogP contribution >= 0.6 is 38.5 Å². The molecule has 0 radical (unpaired) electrons. The average molecular weight is 418 g/mol. The van der Waals surface area contributed by atoms with Crippen LogP contribution in [0.15, 0.2) is 34.9 Å². The van der Waals surface area contributed by atoms with E-state index in [1.807, 2.05) is 6.07 Å². The van der Waals surface area contributed by atoms with Gasteiger partial charge in [-0.2, -0.15) is 0 Å². The normalized spacial score (nSPS) is 18.7. The monoisotopic (exact) mass is 417 g/mol. The fraction of sp³-hybridized carbons (Fsp3) is 0.286. The molecular formula is C14H13BrINO. The first-order chi connectivity index (χ1) is 8.66. The Balaban J connectivity index is 2.09. The van der Waals surface area contributed by atoms with Crippen LogP contribution in [-0.2, 0) is 6.42 Å². The molecule has 1 aliphatic carbocycles. The van der Waals surface area contributed by atoms with Crippen molar-refractivity contribution in [2.45, 2.75) is 25.4 Å². The number of benzene rings is 1. The van der Waals surface area contributed by atoms with Gasteiger partial charge in [-0.05, 0) is 82.0 Å². The van der Waals surface area contributed by atoms with Crippen LogP contribution in [0, 0.1) is 3.57 Å². The van der Waals surface area contributed by atoms with Crippen molar-refractivity contribution in [2.24, 2.45) is 0 Å². The molecule has 1 aromatic carbocycles. The number of fused-ring (bicyclic) bond motifs is 1. The van der Waals surface area contributed by atoms with Crippen LogP contribution in [0.4, 0.5) is 0 Å². The Morgan fingerprint density at radius 3 is 2.94 bits per heavy atom. The van der Waals surface area contributed by atoms with Gasteiger partial charge in [0.25, 0.3) is 0 Å². The Morgan fingerprint density at radius 1 is 1.33 bits per heavy atom. The van der Waals surface area contributed by atoms with Crippen LogP contribution < -0.4 is 0 Å². The van der Waals surface area contributed by atoms with Gasteiger partial charge in [0.05, 0.1) is 6.10 Å². The molecule has 1 atom stereocenters. The molecule has 1 aliphatic rings. The molecule has 0 aliphatic heterocycles. The van der Waals surface area contributed by atoms with E-state index in [9.17, 15) is 5.11 Å². The zero-order chi connectivity index (χ0) is 12.7. The van der Waals surface area contributed by atoms with E-state index in [0.717, 1.165) is 35.0 Å². The Labute approximate surface area is 128 Å². The second-order valence-corrected chi connectivity index (χ2v) is 6.61. The van der Waals surface area contributed by atoms with E-state index >= 15 is 0 Å². The van der Waals surface area contributed by atoms with Gasteiger partial charge < -0.3 is 9.67 Å². The average Bonchev–Trinajstić information content (AvgIpc) is 2.78. The molecule has 0 fully saturated rings. The first-order valence-corrected chi connectivity index (χ1v) is 7.87. The molecule has 1 aromatic heterocycles. The lowest BCUT2D eigenvalue weighted by Crippen LogP contribution is -2.11. The van der Waals surface area contributed by atoms with Gasteiger partial charge in [0.1, 0.15) is 0 Å². The molecule has 3 rings (SSSR count). The van der Waals surface area contributed by atoms with Crippen LogP contribution in [0.2, 0.25) is 0 Å². The quantitative estimate of drug-likeness (QED) is 0.690. The molecule has 1 heterocycles. The Bertz CT molecular complexity index is 593. The topological polar surface area (TPSA) is 25.2 Å². The highest BCUT2D eigenvalue weighted by atomic mass is 127. The Morgan fingerprint density at radius 2 is 2.17 bits per heavy atom. The minimum Gasteiger partial charge on any atom is -0.388 e. The maximum atomic E-state index is 10.00. The van der Waals surface area contributed by atoms with Crippen molar-refractivity contribution in [3.8, 4) is 5.69 Å². The van der Waals surface area contributed by atoms with Crippen LogP contribution in [-0.4, -0.2) is 9.67 Å². The summed E-state index contributed by atoms with van der Waals surface area (Å²) in [4.78, 5) is 0. The van der Waals surface area contributed by atoms with Gasteiger partial charge in [0.15, 0.2) is 0 Å². The molecule has 0 amide bonds. The summed E-state index contributed by atoms with van der Waals surface area (Å²) in [6.07, 6.45) is 4.76. The molecule has 1 N–H and O–H groups in total. The van der Waals surface area contributed by atoms with E-state index in [0.29, 0.717) is 0 Å². The number of hydrogen-bond donors (Lipinski definition) is 1. The summed E-state index contributed by atoms with van der Waals surface area (Å²) < 4.78 is 4.51. The van der Waals surface area contributed by atoms with E-state index in [4.69, 9.17) is 0 Å². The molecule has 4 heteroatoms. The van der Waals surface area contributed by atoms with Crippen molar-refractivity contribution >= 4 is 38.5 Å². The molecule has 0 bridgehead atoms. The first kappa shape index (κ1) is 12.7. The van der Waals surface area contributed by atoms with Crippen molar-refractivity contribution in [1.29, 1.82) is 0 Å². The summed E-state index contributed by atoms with van der Waals surface area (Å²) in [6.45, 7) is 0. The SMILES string of the molecule is OC1CCCc2c1ccn2-c1ccc(I)c(Br)c1. The van der Waals surface area contributed by atoms with Gasteiger partial charge in [0, 0.05) is 31.2 Å². The number of aliphatic hydroxyl groups excluding tert-OH is 1. The van der Waals surface area contributed by atoms with Crippen molar-refractivity contribution < 1.29 is 5.11 Å². The summed E-state index contributed by atoms with van der Waals surface area (Å²) in [7, 11) is 0. The van der Waals surface area contributed by atoms with Gasteiger partial charge in [-0.25, -0.2) is 0 Å². The lowest BCUT2D eigenvalue weighted by molar-refractivity contribution is 0.156. The second kappa shape index (κ2) is 4.98. The van der Waals surface area contributed by atoms with Gasteiger partial charge in [-0.15, -0.1) is 0 Å². The molecule has 2 nitrogen and oxygen atoms in total. The number of rotatable bonds is 1. The molecule has 2 aromatic rings. The third-order valence-corrected chi connectivity index (χ3v) is 5.80. The van der Waals surface area contributed by atoms with E-state index < -0.39 is 0 Å². The fourth-order valence-corrected chi connectivity index (χ4v) is 3.25. The molecule has 1 unspecified atom stereocenters. The van der Waals surface area contributed by atoms with Crippen LogP contribution in [0.1, 0.15) is 30.2 Å². The van der Waals surface area contributed by atoms with Gasteiger partial charge in [0.2, 0.25) is 0 Å². The minimum atomic E-state index is -0.290. The van der Waals surface area contributed by atoms with E-state index in [1.165, 1.54) is 9.26 Å². The highest BCUT2D eigenvalue weighted by molar-refractivity contribution is 14.1. The van der Waals surface area contributed by atoms with Gasteiger partial charge >= 0.3 is 0 Å². The first-order valence-electron chi connectivity index (χ1n) is 6.00. The molecule has 0 saturated heterocycles. The molecule has 0 saturated carbocycles. The summed E-state index contributed by atoms with van der Waals surface area (Å²) in [5, 5.41) is 10.00. The van der Waals surface area contributed by atoms with Crippen molar-refractivity contribution in [3.05, 3.63) is 49.8 Å². The highest BCUT2D eigenvalue weighted by Crippen LogP contribution is 2.32. The number of hydrogen-bond acceptors (Lipinski definition) is 1. The Hall–Kier alpha value is -0.330. The fourth-order valence-electron chi connectivity index (χ4n) is 2.54.